The van der Waals surface area contributed by atoms with Crippen molar-refractivity contribution in [1.82, 2.24) is 9.55 Å². The van der Waals surface area contributed by atoms with E-state index in [0.29, 0.717) is 5.69 Å². The maximum absolute atomic E-state index is 12.7. The molecule has 2 heterocycles. The lowest BCUT2D eigenvalue weighted by Gasteiger charge is -2.11. The third-order valence-electron chi connectivity index (χ3n) is 5.35. The van der Waals surface area contributed by atoms with E-state index in [1.807, 2.05) is 56.3 Å². The number of fused-ring (bicyclic) bond motifs is 1. The predicted molar refractivity (Wildman–Crippen MR) is 126 cm³/mol. The van der Waals surface area contributed by atoms with Crippen LogP contribution in [0.15, 0.2) is 72.4 Å². The monoisotopic (exact) mass is 436 g/mol. The molecule has 7 nitrogen and oxygen atoms in total. The molecule has 162 valence electrons. The summed E-state index contributed by atoms with van der Waals surface area (Å²) in [5, 5.41) is 22.3. The number of hydrogen-bond acceptors (Lipinski definition) is 4. The van der Waals surface area contributed by atoms with E-state index < -0.39 is 11.9 Å². The maximum atomic E-state index is 12.7. The number of hydrogen-bond donors (Lipinski definition) is 2. The molecule has 0 bridgehead atoms. The van der Waals surface area contributed by atoms with Gasteiger partial charge >= 0.3 is 5.97 Å². The van der Waals surface area contributed by atoms with E-state index in [2.05, 4.69) is 14.9 Å². The number of carbonyl (C=O) groups is 2. The number of aromatic nitrogens is 2. The Morgan fingerprint density at radius 3 is 2.67 bits per heavy atom. The second kappa shape index (κ2) is 8.81. The zero-order chi connectivity index (χ0) is 23.5. The topological polar surface area (TPSA) is 108 Å². The lowest BCUT2D eigenvalue weighted by atomic mass is 10.1. The molecule has 2 aromatic carbocycles. The van der Waals surface area contributed by atoms with Crippen LogP contribution in [0, 0.1) is 25.2 Å². The average molecular weight is 436 g/mol. The predicted octanol–water partition coefficient (Wildman–Crippen LogP) is 4.89. The van der Waals surface area contributed by atoms with Gasteiger partial charge in [-0.2, -0.15) is 5.26 Å². The third kappa shape index (κ3) is 4.36. The molecule has 0 spiro atoms. The summed E-state index contributed by atoms with van der Waals surface area (Å²) in [6.07, 6.45) is 3.29. The van der Waals surface area contributed by atoms with E-state index >= 15 is 0 Å². The molecular formula is C26H20N4O3. The third-order valence-corrected chi connectivity index (χ3v) is 5.35. The Bertz CT molecular complexity index is 1470. The second-order valence-electron chi connectivity index (χ2n) is 7.55. The summed E-state index contributed by atoms with van der Waals surface area (Å²) in [7, 11) is 0. The molecule has 0 aliphatic rings. The molecule has 0 aliphatic heterocycles. The molecule has 0 saturated carbocycles. The van der Waals surface area contributed by atoms with E-state index in [1.165, 1.54) is 24.3 Å². The van der Waals surface area contributed by atoms with E-state index in [-0.39, 0.29) is 11.1 Å². The van der Waals surface area contributed by atoms with Crippen LogP contribution in [0.5, 0.6) is 0 Å². The van der Waals surface area contributed by atoms with Gasteiger partial charge in [0, 0.05) is 34.3 Å². The van der Waals surface area contributed by atoms with Gasteiger partial charge in [-0.1, -0.05) is 12.1 Å². The van der Waals surface area contributed by atoms with Crippen LogP contribution in [0.2, 0.25) is 0 Å². The number of anilines is 1. The molecule has 4 rings (SSSR count). The number of carboxylic acid groups (broad SMARTS) is 1. The summed E-state index contributed by atoms with van der Waals surface area (Å²) in [5.74, 6) is -1.71. The largest absolute Gasteiger partial charge is 0.478 e. The first kappa shape index (κ1) is 21.5. The lowest BCUT2D eigenvalue weighted by Crippen LogP contribution is -2.14. The van der Waals surface area contributed by atoms with Crippen LogP contribution in [0.1, 0.15) is 27.3 Å². The molecule has 1 amide bonds. The smallest absolute Gasteiger partial charge is 0.335 e. The quantitative estimate of drug-likeness (QED) is 0.342. The van der Waals surface area contributed by atoms with Gasteiger partial charge in [0.25, 0.3) is 5.91 Å². The van der Waals surface area contributed by atoms with E-state index in [4.69, 9.17) is 5.11 Å². The molecule has 2 aromatic heterocycles. The van der Waals surface area contributed by atoms with E-state index in [1.54, 1.807) is 12.3 Å². The van der Waals surface area contributed by atoms with E-state index in [0.717, 1.165) is 33.5 Å². The SMILES string of the molecule is Cc1cc(/C=C(/C#N)C(=O)Nc2cccc(C(=O)O)c2)c(C)n1-c1ccc2ncccc2c1. The van der Waals surface area contributed by atoms with Gasteiger partial charge in [0.05, 0.1) is 11.1 Å². The molecule has 4 aromatic rings. The molecule has 0 fully saturated rings. The van der Waals surface area contributed by atoms with Crippen LogP contribution in [0.4, 0.5) is 5.69 Å². The van der Waals surface area contributed by atoms with Crippen LogP contribution >= 0.6 is 0 Å². The van der Waals surface area contributed by atoms with Gasteiger partial charge in [0.15, 0.2) is 0 Å². The fourth-order valence-corrected chi connectivity index (χ4v) is 3.77. The molecule has 2 N–H and O–H groups in total. The Hall–Kier alpha value is -4.70. The second-order valence-corrected chi connectivity index (χ2v) is 7.55. The fraction of sp³-hybridized carbons (Fsp3) is 0.0769. The minimum atomic E-state index is -1.10. The first-order valence-corrected chi connectivity index (χ1v) is 10.2. The highest BCUT2D eigenvalue weighted by atomic mass is 16.4. The molecule has 0 saturated heterocycles. The van der Waals surface area contributed by atoms with Crippen molar-refractivity contribution in [1.29, 1.82) is 5.26 Å². The Labute approximate surface area is 190 Å². The number of aromatic carboxylic acids is 1. The van der Waals surface area contributed by atoms with E-state index in [9.17, 15) is 14.9 Å². The van der Waals surface area contributed by atoms with Crippen LogP contribution < -0.4 is 5.32 Å². The summed E-state index contributed by atoms with van der Waals surface area (Å²) >= 11 is 0. The molecule has 0 atom stereocenters. The number of nitrogens with one attached hydrogen (secondary N) is 1. The molecule has 7 heteroatoms. The fourth-order valence-electron chi connectivity index (χ4n) is 3.77. The zero-order valence-electron chi connectivity index (χ0n) is 18.0. The number of rotatable bonds is 5. The van der Waals surface area contributed by atoms with Gasteiger partial charge in [0.2, 0.25) is 0 Å². The minimum absolute atomic E-state index is 0.0458. The number of amides is 1. The van der Waals surface area contributed by atoms with Gasteiger partial charge < -0.3 is 15.0 Å². The Kier molecular flexibility index (Phi) is 5.75. The highest BCUT2D eigenvalue weighted by Gasteiger charge is 2.15. The normalized spacial score (nSPS) is 11.2. The number of nitriles is 1. The summed E-state index contributed by atoms with van der Waals surface area (Å²) in [6, 6.07) is 19.6. The van der Waals surface area contributed by atoms with Crippen LogP contribution in [0.25, 0.3) is 22.7 Å². The molecule has 33 heavy (non-hydrogen) atoms. The maximum Gasteiger partial charge on any atom is 0.335 e. The number of benzene rings is 2. The highest BCUT2D eigenvalue weighted by Crippen LogP contribution is 2.25. The summed E-state index contributed by atoms with van der Waals surface area (Å²) < 4.78 is 2.06. The summed E-state index contributed by atoms with van der Waals surface area (Å²) in [6.45, 7) is 3.89. The highest BCUT2D eigenvalue weighted by molar-refractivity contribution is 6.10. The van der Waals surface area contributed by atoms with Crippen molar-refractivity contribution in [3.8, 4) is 11.8 Å². The Balaban J connectivity index is 1.66. The summed E-state index contributed by atoms with van der Waals surface area (Å²) in [5.41, 5.74) is 4.69. The Morgan fingerprint density at radius 1 is 1.09 bits per heavy atom. The van der Waals surface area contributed by atoms with Crippen molar-refractivity contribution in [3.63, 3.8) is 0 Å². The number of nitrogens with zero attached hydrogens (tertiary/aromatic N) is 3. The van der Waals surface area contributed by atoms with Crippen molar-refractivity contribution in [2.45, 2.75) is 13.8 Å². The van der Waals surface area contributed by atoms with Crippen molar-refractivity contribution in [2.75, 3.05) is 5.32 Å². The van der Waals surface area contributed by atoms with Gasteiger partial charge in [0.1, 0.15) is 11.6 Å². The number of carboxylic acids is 1. The van der Waals surface area contributed by atoms with Crippen LogP contribution in [0.3, 0.4) is 0 Å². The van der Waals surface area contributed by atoms with Crippen LogP contribution in [-0.2, 0) is 4.79 Å². The first-order valence-electron chi connectivity index (χ1n) is 10.2. The first-order chi connectivity index (χ1) is 15.9. The van der Waals surface area contributed by atoms with Gasteiger partial charge in [-0.3, -0.25) is 9.78 Å². The number of carbonyl (C=O) groups excluding carboxylic acids is 1. The molecular weight excluding hydrogens is 416 g/mol. The molecule has 0 aliphatic carbocycles. The van der Waals surface area contributed by atoms with Crippen molar-refractivity contribution in [3.05, 3.63) is 94.9 Å². The van der Waals surface area contributed by atoms with Crippen molar-refractivity contribution < 1.29 is 14.7 Å². The van der Waals surface area contributed by atoms with Crippen LogP contribution in [-0.4, -0.2) is 26.5 Å². The van der Waals surface area contributed by atoms with Gasteiger partial charge in [-0.05, 0) is 74.0 Å². The van der Waals surface area contributed by atoms with Crippen molar-refractivity contribution >= 4 is 34.5 Å². The number of aryl methyl sites for hydroxylation is 1. The summed E-state index contributed by atoms with van der Waals surface area (Å²) in [4.78, 5) is 28.2. The standard InChI is InChI=1S/C26H20N4O3/c1-16-11-20(17(2)30(16)23-8-9-24-18(14-23)6-4-10-28-24)12-21(15-27)25(31)29-22-7-3-5-19(13-22)26(32)33/h3-14H,1-2H3,(H,29,31)(H,32,33)/b21-12-. The van der Waals surface area contributed by atoms with Gasteiger partial charge in [-0.15, -0.1) is 0 Å². The zero-order valence-corrected chi connectivity index (χ0v) is 18.0. The Morgan fingerprint density at radius 2 is 1.91 bits per heavy atom. The van der Waals surface area contributed by atoms with Crippen molar-refractivity contribution in [2.24, 2.45) is 0 Å². The number of pyridine rings is 1. The lowest BCUT2D eigenvalue weighted by molar-refractivity contribution is -0.112. The molecule has 0 radical (unpaired) electrons. The average Bonchev–Trinajstić information content (AvgIpc) is 3.09. The minimum Gasteiger partial charge on any atom is -0.478 e. The molecule has 0 unspecified atom stereocenters. The van der Waals surface area contributed by atoms with Gasteiger partial charge in [-0.25, -0.2) is 4.79 Å².